The van der Waals surface area contributed by atoms with Crippen LogP contribution in [-0.2, 0) is 0 Å². The first-order valence-corrected chi connectivity index (χ1v) is 7.35. The molecule has 76 valence electrons. The van der Waals surface area contributed by atoms with E-state index in [1.165, 1.54) is 0 Å². The molecule has 0 saturated heterocycles. The second kappa shape index (κ2) is 5.38. The third kappa shape index (κ3) is 4.13. The fourth-order valence-electron chi connectivity index (χ4n) is 0.724. The average molecular weight is 422 g/mol. The molecule has 0 spiro atoms. The monoisotopic (exact) mass is 422 g/mol. The van der Waals surface area contributed by atoms with E-state index in [9.17, 15) is 20.2 Å². The molecule has 0 aliphatic carbocycles. The molecular weight excluding hydrogens is 418 g/mol. The number of benzene rings is 1. The summed E-state index contributed by atoms with van der Waals surface area (Å²) < 4.78 is 0.547. The Bertz CT molecular complexity index is 339. The van der Waals surface area contributed by atoms with Crippen LogP contribution in [0.1, 0.15) is 0 Å². The van der Waals surface area contributed by atoms with Gasteiger partial charge in [0, 0.05) is 0 Å². The zero-order valence-electron chi connectivity index (χ0n) is 6.59. The summed E-state index contributed by atoms with van der Waals surface area (Å²) in [6, 6.07) is 6.50. The largest absolute Gasteiger partial charge is 0.315 e. The Balaban J connectivity index is 2.78. The van der Waals surface area contributed by atoms with Crippen molar-refractivity contribution in [1.29, 1.82) is 0 Å². The van der Waals surface area contributed by atoms with E-state index in [2.05, 4.69) is 0 Å². The molecule has 0 heterocycles. The van der Waals surface area contributed by atoms with Crippen LogP contribution in [0.5, 0.6) is 0 Å². The minimum Gasteiger partial charge on any atom is -0.256 e. The lowest BCUT2D eigenvalue weighted by Crippen LogP contribution is -1.86. The molecular formula is C6H4I2N2O4. The van der Waals surface area contributed by atoms with E-state index in [1.807, 2.05) is 0 Å². The maximum Gasteiger partial charge on any atom is 0.315 e. The number of halogens is 2. The molecule has 1 aromatic carbocycles. The van der Waals surface area contributed by atoms with Gasteiger partial charge in [0.25, 0.3) is 0 Å². The van der Waals surface area contributed by atoms with Crippen molar-refractivity contribution in [1.82, 2.24) is 0 Å². The fraction of sp³-hybridized carbons (Fsp3) is 0. The summed E-state index contributed by atoms with van der Waals surface area (Å²) in [5.41, 5.74) is 0. The molecule has 0 aliphatic rings. The molecule has 0 atom stereocenters. The number of nitro groups is 2. The van der Waals surface area contributed by atoms with Gasteiger partial charge in [-0.05, 0) is 18.2 Å². The van der Waals surface area contributed by atoms with Crippen LogP contribution in [-0.4, -0.2) is 6.27 Å². The Morgan fingerprint density at radius 1 is 1.00 bits per heavy atom. The van der Waals surface area contributed by atoms with E-state index in [4.69, 9.17) is 0 Å². The smallest absolute Gasteiger partial charge is 0.256 e. The van der Waals surface area contributed by atoms with Gasteiger partial charge in [-0.2, -0.15) is 0 Å². The van der Waals surface area contributed by atoms with Crippen LogP contribution in [0.25, 0.3) is 0 Å². The lowest BCUT2D eigenvalue weighted by molar-refractivity contribution is -0.229. The first-order valence-electron chi connectivity index (χ1n) is 3.27. The van der Waals surface area contributed by atoms with Gasteiger partial charge in [-0.25, -0.2) is 0 Å². The summed E-state index contributed by atoms with van der Waals surface area (Å²) in [5.74, 6) is 0. The van der Waals surface area contributed by atoms with Crippen LogP contribution >= 0.6 is 43.0 Å². The van der Waals surface area contributed by atoms with Gasteiger partial charge in [0.2, 0.25) is 0 Å². The summed E-state index contributed by atoms with van der Waals surface area (Å²) >= 11 is -2.52. The normalized spacial score (nSPS) is 9.71. The van der Waals surface area contributed by atoms with E-state index in [-0.39, 0.29) is 6.27 Å². The van der Waals surface area contributed by atoms with Crippen LogP contribution < -0.4 is 0 Å². The average Bonchev–Trinajstić information content (AvgIpc) is 2.01. The highest BCUT2D eigenvalue weighted by atomic mass is 127. The number of hydrogen-bond donors (Lipinski definition) is 0. The Kier molecular flexibility index (Phi) is 4.44. The Morgan fingerprint density at radius 2 is 1.43 bits per heavy atom. The predicted molar refractivity (Wildman–Crippen MR) is 65.9 cm³/mol. The summed E-state index contributed by atoms with van der Waals surface area (Å²) in [5, 5.41) is 20.5. The molecule has 1 rings (SSSR count). The van der Waals surface area contributed by atoms with Crippen molar-refractivity contribution in [3.63, 3.8) is 0 Å². The lowest BCUT2D eigenvalue weighted by Gasteiger charge is -1.93. The van der Waals surface area contributed by atoms with Gasteiger partial charge in [0.05, 0.1) is 13.4 Å². The highest BCUT2D eigenvalue weighted by Crippen LogP contribution is 2.27. The van der Waals surface area contributed by atoms with Crippen LogP contribution in [0.15, 0.2) is 24.3 Å². The molecule has 6 nitrogen and oxygen atoms in total. The second-order valence-electron chi connectivity index (χ2n) is 2.03. The third-order valence-corrected chi connectivity index (χ3v) is 4.36. The number of rotatable bonds is 4. The van der Waals surface area contributed by atoms with Crippen LogP contribution in [0, 0.1) is 27.4 Å². The minimum absolute atomic E-state index is 0.345. The van der Waals surface area contributed by atoms with E-state index in [0.717, 1.165) is 0 Å². The lowest BCUT2D eigenvalue weighted by atomic mass is 10.4. The van der Waals surface area contributed by atoms with E-state index in [0.29, 0.717) is 7.14 Å². The molecule has 0 unspecified atom stereocenters. The molecule has 0 aromatic heterocycles. The molecule has 14 heavy (non-hydrogen) atoms. The molecule has 2 radical (unpaired) electrons. The molecule has 0 aliphatic heterocycles. The Labute approximate surface area is 100 Å². The summed E-state index contributed by atoms with van der Waals surface area (Å²) in [6.07, 6.45) is 0. The molecule has 0 fully saturated rings. The van der Waals surface area contributed by atoms with E-state index < -0.39 is 43.0 Å². The SMILES string of the molecule is O=[N+]([O-])[I]c1cccc([I][N+](=O)[O-])c1. The van der Waals surface area contributed by atoms with E-state index >= 15 is 0 Å². The van der Waals surface area contributed by atoms with Crippen molar-refractivity contribution in [2.45, 2.75) is 0 Å². The van der Waals surface area contributed by atoms with Crippen LogP contribution in [0.3, 0.4) is 0 Å². The van der Waals surface area contributed by atoms with Gasteiger partial charge in [0.1, 0.15) is 0 Å². The maximum absolute atomic E-state index is 10.2. The summed E-state index contributed by atoms with van der Waals surface area (Å²) in [6.45, 7) is 0. The summed E-state index contributed by atoms with van der Waals surface area (Å²) in [7, 11) is 0. The molecule has 1 aromatic rings. The molecule has 0 bridgehead atoms. The zero-order chi connectivity index (χ0) is 10.6. The Morgan fingerprint density at radius 3 is 1.79 bits per heavy atom. The summed E-state index contributed by atoms with van der Waals surface area (Å²) in [4.78, 5) is 20.5. The van der Waals surface area contributed by atoms with Gasteiger partial charge in [-0.1, -0.05) is 6.07 Å². The van der Waals surface area contributed by atoms with Crippen molar-refractivity contribution in [2.24, 2.45) is 0 Å². The van der Waals surface area contributed by atoms with Gasteiger partial charge in [-0.3, -0.25) is 20.2 Å². The van der Waals surface area contributed by atoms with Crippen molar-refractivity contribution in [3.8, 4) is 0 Å². The topological polar surface area (TPSA) is 86.3 Å². The molecule has 0 saturated carbocycles. The van der Waals surface area contributed by atoms with E-state index in [1.54, 1.807) is 24.3 Å². The standard InChI is InChI=1S/C6H4I2N2O4/c11-9(12)7-5-2-1-3-6(4-5)8-10(13)14/h1-4H. The van der Waals surface area contributed by atoms with Crippen molar-refractivity contribution < 1.29 is 6.27 Å². The van der Waals surface area contributed by atoms with Crippen LogP contribution in [0.2, 0.25) is 0 Å². The van der Waals surface area contributed by atoms with Gasteiger partial charge in [0.15, 0.2) is 0 Å². The molecule has 8 heteroatoms. The van der Waals surface area contributed by atoms with Crippen LogP contribution in [0.4, 0.5) is 0 Å². The first kappa shape index (κ1) is 11.6. The first-order chi connectivity index (χ1) is 6.58. The quantitative estimate of drug-likeness (QED) is 0.323. The van der Waals surface area contributed by atoms with Gasteiger partial charge < -0.3 is 0 Å². The van der Waals surface area contributed by atoms with Gasteiger partial charge in [-0.15, -0.1) is 0 Å². The van der Waals surface area contributed by atoms with Crippen molar-refractivity contribution in [3.05, 3.63) is 51.6 Å². The molecule has 0 amide bonds. The van der Waals surface area contributed by atoms with Crippen molar-refractivity contribution >= 4 is 43.0 Å². The highest BCUT2D eigenvalue weighted by Gasteiger charge is 2.10. The predicted octanol–water partition coefficient (Wildman–Crippen LogP) is 2.35. The maximum atomic E-state index is 10.2. The second-order valence-corrected chi connectivity index (χ2v) is 7.07. The number of hydrogen-bond acceptors (Lipinski definition) is 4. The molecule has 0 N–H and O–H groups in total. The number of nitrogens with zero attached hydrogens (tertiary/aromatic N) is 2. The highest BCUT2D eigenvalue weighted by molar-refractivity contribution is 14.2. The van der Waals surface area contributed by atoms with Gasteiger partial charge >= 0.3 is 43.0 Å². The third-order valence-electron chi connectivity index (χ3n) is 1.12. The fourth-order valence-corrected chi connectivity index (χ4v) is 3.92. The Hall–Kier alpha value is -0.520. The van der Waals surface area contributed by atoms with Crippen molar-refractivity contribution in [2.75, 3.05) is 0 Å². The zero-order valence-corrected chi connectivity index (χ0v) is 10.9. The minimum atomic E-state index is -1.26.